The largest absolute Gasteiger partial charge is 0.497 e. The molecule has 1 aromatic carbocycles. The third-order valence-electron chi connectivity index (χ3n) is 2.54. The third kappa shape index (κ3) is 4.86. The molecule has 90 valence electrons. The molecule has 0 fully saturated rings. The van der Waals surface area contributed by atoms with Crippen LogP contribution >= 0.6 is 11.6 Å². The highest BCUT2D eigenvalue weighted by Gasteiger charge is 2.00. The highest BCUT2D eigenvalue weighted by Crippen LogP contribution is 2.12. The maximum absolute atomic E-state index is 6.03. The van der Waals surface area contributed by atoms with Crippen LogP contribution in [0.1, 0.15) is 25.3 Å². The van der Waals surface area contributed by atoms with Crippen molar-refractivity contribution in [2.75, 3.05) is 13.7 Å². The summed E-state index contributed by atoms with van der Waals surface area (Å²) in [5, 5.41) is 3.67. The molecule has 0 heterocycles. The van der Waals surface area contributed by atoms with Gasteiger partial charge in [0.25, 0.3) is 0 Å². The Morgan fingerprint density at radius 2 is 2.25 bits per heavy atom. The first-order valence-corrected chi connectivity index (χ1v) is 6.17. The van der Waals surface area contributed by atoms with E-state index in [2.05, 4.69) is 18.3 Å². The predicted molar refractivity (Wildman–Crippen MR) is 69.2 cm³/mol. The highest BCUT2D eigenvalue weighted by molar-refractivity contribution is 6.20. The average molecular weight is 242 g/mol. The van der Waals surface area contributed by atoms with Crippen LogP contribution in [0.5, 0.6) is 5.75 Å². The first kappa shape index (κ1) is 13.3. The van der Waals surface area contributed by atoms with Crippen LogP contribution in [0.2, 0.25) is 0 Å². The zero-order valence-electron chi connectivity index (χ0n) is 10.0. The molecule has 0 aliphatic heterocycles. The molecular formula is C13H20ClNO. The molecule has 16 heavy (non-hydrogen) atoms. The van der Waals surface area contributed by atoms with E-state index < -0.39 is 0 Å². The molecule has 1 rings (SSSR count). The number of hydrogen-bond acceptors (Lipinski definition) is 2. The molecule has 1 atom stereocenters. The zero-order chi connectivity index (χ0) is 11.8. The maximum Gasteiger partial charge on any atom is 0.119 e. The summed E-state index contributed by atoms with van der Waals surface area (Å²) in [6, 6.07) is 8.10. The Morgan fingerprint density at radius 3 is 2.94 bits per heavy atom. The Morgan fingerprint density at radius 1 is 1.44 bits per heavy atom. The molecule has 0 aliphatic rings. The van der Waals surface area contributed by atoms with E-state index in [-0.39, 0.29) is 5.38 Å². The predicted octanol–water partition coefficient (Wildman–Crippen LogP) is 3.19. The minimum absolute atomic E-state index is 0.290. The number of methoxy groups -OCH3 is 1. The zero-order valence-corrected chi connectivity index (χ0v) is 10.8. The lowest BCUT2D eigenvalue weighted by atomic mass is 10.2. The number of nitrogens with one attached hydrogen (secondary N) is 1. The molecular weight excluding hydrogens is 222 g/mol. The molecule has 1 unspecified atom stereocenters. The molecule has 2 nitrogen and oxygen atoms in total. The molecule has 0 bridgehead atoms. The van der Waals surface area contributed by atoms with Crippen molar-refractivity contribution in [1.29, 1.82) is 0 Å². The Hall–Kier alpha value is -0.730. The Kier molecular flexibility index (Phi) is 6.27. The molecule has 0 amide bonds. The minimum atomic E-state index is 0.290. The monoisotopic (exact) mass is 241 g/mol. The Balaban J connectivity index is 2.26. The van der Waals surface area contributed by atoms with Gasteiger partial charge in [-0.15, -0.1) is 11.6 Å². The van der Waals surface area contributed by atoms with Gasteiger partial charge in [0, 0.05) is 11.9 Å². The van der Waals surface area contributed by atoms with Gasteiger partial charge in [-0.25, -0.2) is 0 Å². The fourth-order valence-corrected chi connectivity index (χ4v) is 1.59. The van der Waals surface area contributed by atoms with Gasteiger partial charge in [-0.3, -0.25) is 0 Å². The molecule has 0 radical (unpaired) electrons. The third-order valence-corrected chi connectivity index (χ3v) is 3.07. The second kappa shape index (κ2) is 7.53. The lowest BCUT2D eigenvalue weighted by Gasteiger charge is -2.08. The van der Waals surface area contributed by atoms with Crippen molar-refractivity contribution >= 4 is 11.6 Å². The van der Waals surface area contributed by atoms with E-state index in [9.17, 15) is 0 Å². The van der Waals surface area contributed by atoms with E-state index in [1.54, 1.807) is 7.11 Å². The van der Waals surface area contributed by atoms with Gasteiger partial charge >= 0.3 is 0 Å². The fourth-order valence-electron chi connectivity index (χ4n) is 1.48. The number of halogens is 1. The molecule has 0 saturated carbocycles. The van der Waals surface area contributed by atoms with Crippen LogP contribution in [-0.2, 0) is 6.54 Å². The standard InChI is InChI=1S/C13H20ClNO/c1-3-12(14)7-8-15-10-11-5-4-6-13(9-11)16-2/h4-6,9,12,15H,3,7-8,10H2,1-2H3. The summed E-state index contributed by atoms with van der Waals surface area (Å²) in [4.78, 5) is 0. The summed E-state index contributed by atoms with van der Waals surface area (Å²) in [5.41, 5.74) is 1.24. The van der Waals surface area contributed by atoms with Crippen molar-refractivity contribution in [3.8, 4) is 5.75 Å². The summed E-state index contributed by atoms with van der Waals surface area (Å²) in [6.45, 7) is 3.93. The van der Waals surface area contributed by atoms with Crippen LogP contribution in [0.25, 0.3) is 0 Å². The molecule has 1 aromatic rings. The van der Waals surface area contributed by atoms with Crippen molar-refractivity contribution in [1.82, 2.24) is 5.32 Å². The number of alkyl halides is 1. The second-order valence-electron chi connectivity index (χ2n) is 3.82. The SMILES string of the molecule is CCC(Cl)CCNCc1cccc(OC)c1. The van der Waals surface area contributed by atoms with Crippen molar-refractivity contribution in [3.05, 3.63) is 29.8 Å². The van der Waals surface area contributed by atoms with Crippen LogP contribution < -0.4 is 10.1 Å². The molecule has 0 aromatic heterocycles. The highest BCUT2D eigenvalue weighted by atomic mass is 35.5. The summed E-state index contributed by atoms with van der Waals surface area (Å²) < 4.78 is 5.17. The van der Waals surface area contributed by atoms with Crippen LogP contribution in [-0.4, -0.2) is 19.0 Å². The lowest BCUT2D eigenvalue weighted by molar-refractivity contribution is 0.414. The molecule has 1 N–H and O–H groups in total. The van der Waals surface area contributed by atoms with Crippen LogP contribution in [0.15, 0.2) is 24.3 Å². The summed E-state index contributed by atoms with van der Waals surface area (Å²) in [6.07, 6.45) is 2.05. The quantitative estimate of drug-likeness (QED) is 0.585. The van der Waals surface area contributed by atoms with Gasteiger partial charge in [-0.05, 0) is 37.1 Å². The van der Waals surface area contributed by atoms with Gasteiger partial charge in [0.2, 0.25) is 0 Å². The van der Waals surface area contributed by atoms with E-state index in [0.717, 1.165) is 31.7 Å². The Bertz CT molecular complexity index is 304. The van der Waals surface area contributed by atoms with Crippen molar-refractivity contribution in [2.24, 2.45) is 0 Å². The van der Waals surface area contributed by atoms with E-state index >= 15 is 0 Å². The minimum Gasteiger partial charge on any atom is -0.497 e. The Labute approximate surface area is 103 Å². The van der Waals surface area contributed by atoms with E-state index in [1.807, 2.05) is 18.2 Å². The van der Waals surface area contributed by atoms with Gasteiger partial charge < -0.3 is 10.1 Å². The maximum atomic E-state index is 6.03. The summed E-state index contributed by atoms with van der Waals surface area (Å²) in [7, 11) is 1.69. The van der Waals surface area contributed by atoms with Gasteiger partial charge in [-0.1, -0.05) is 19.1 Å². The van der Waals surface area contributed by atoms with Crippen LogP contribution in [0.3, 0.4) is 0 Å². The first-order valence-electron chi connectivity index (χ1n) is 5.74. The molecule has 0 spiro atoms. The topological polar surface area (TPSA) is 21.3 Å². The second-order valence-corrected chi connectivity index (χ2v) is 4.44. The summed E-state index contributed by atoms with van der Waals surface area (Å²) in [5.74, 6) is 0.906. The number of hydrogen-bond donors (Lipinski definition) is 1. The molecule has 3 heteroatoms. The van der Waals surface area contributed by atoms with Gasteiger partial charge in [0.05, 0.1) is 7.11 Å². The number of benzene rings is 1. The molecule has 0 aliphatic carbocycles. The van der Waals surface area contributed by atoms with Crippen LogP contribution in [0.4, 0.5) is 0 Å². The smallest absolute Gasteiger partial charge is 0.119 e. The van der Waals surface area contributed by atoms with E-state index in [0.29, 0.717) is 0 Å². The lowest BCUT2D eigenvalue weighted by Crippen LogP contribution is -2.17. The average Bonchev–Trinajstić information content (AvgIpc) is 2.34. The van der Waals surface area contributed by atoms with Gasteiger partial charge in [0.1, 0.15) is 5.75 Å². The van der Waals surface area contributed by atoms with Gasteiger partial charge in [0.15, 0.2) is 0 Å². The number of ether oxygens (including phenoxy) is 1. The van der Waals surface area contributed by atoms with E-state index in [4.69, 9.17) is 16.3 Å². The van der Waals surface area contributed by atoms with Crippen molar-refractivity contribution < 1.29 is 4.74 Å². The first-order chi connectivity index (χ1) is 7.76. The molecule has 0 saturated heterocycles. The van der Waals surface area contributed by atoms with Gasteiger partial charge in [-0.2, -0.15) is 0 Å². The summed E-state index contributed by atoms with van der Waals surface area (Å²) >= 11 is 6.03. The number of rotatable bonds is 7. The van der Waals surface area contributed by atoms with Crippen molar-refractivity contribution in [3.63, 3.8) is 0 Å². The van der Waals surface area contributed by atoms with E-state index in [1.165, 1.54) is 5.56 Å². The fraction of sp³-hybridized carbons (Fsp3) is 0.538. The normalized spacial score (nSPS) is 12.4. The van der Waals surface area contributed by atoms with Crippen molar-refractivity contribution in [2.45, 2.75) is 31.7 Å². The van der Waals surface area contributed by atoms with Crippen LogP contribution in [0, 0.1) is 0 Å².